The Hall–Kier alpha value is -3.21. The number of carbonyl (C=O) groups excluding carboxylic acids is 2. The van der Waals surface area contributed by atoms with Crippen LogP contribution in [0.2, 0.25) is 0 Å². The second-order valence-corrected chi connectivity index (χ2v) is 5.32. The lowest BCUT2D eigenvalue weighted by Crippen LogP contribution is -2.14. The SMILES string of the molecule is C=C(C)C(=O)OCCC(=O)Oc1ccc(C=Cc2ccncc2)cc1. The maximum atomic E-state index is 11.7. The summed E-state index contributed by atoms with van der Waals surface area (Å²) in [7, 11) is 0. The minimum absolute atomic E-state index is 0.0112. The first-order valence-electron chi connectivity index (χ1n) is 7.76. The Morgan fingerprint density at radius 1 is 1.04 bits per heavy atom. The molecule has 0 N–H and O–H groups in total. The molecule has 0 amide bonds. The summed E-state index contributed by atoms with van der Waals surface area (Å²) >= 11 is 0. The quantitative estimate of drug-likeness (QED) is 0.438. The Labute approximate surface area is 146 Å². The largest absolute Gasteiger partial charge is 0.462 e. The highest BCUT2D eigenvalue weighted by Gasteiger charge is 2.08. The molecule has 1 aromatic carbocycles. The van der Waals surface area contributed by atoms with Gasteiger partial charge in [-0.3, -0.25) is 9.78 Å². The van der Waals surface area contributed by atoms with Crippen LogP contribution in [0.1, 0.15) is 24.5 Å². The third-order valence-corrected chi connectivity index (χ3v) is 3.17. The molecule has 0 aliphatic carbocycles. The summed E-state index contributed by atoms with van der Waals surface area (Å²) in [6.07, 6.45) is 7.38. The number of carbonyl (C=O) groups is 2. The van der Waals surface area contributed by atoms with Gasteiger partial charge in [0, 0.05) is 18.0 Å². The fraction of sp³-hybridized carbons (Fsp3) is 0.150. The van der Waals surface area contributed by atoms with E-state index in [0.29, 0.717) is 11.3 Å². The van der Waals surface area contributed by atoms with Crippen molar-refractivity contribution in [3.8, 4) is 5.75 Å². The molecule has 0 saturated heterocycles. The average Bonchev–Trinajstić information content (AvgIpc) is 2.62. The van der Waals surface area contributed by atoms with Gasteiger partial charge in [0.15, 0.2) is 0 Å². The molecule has 0 fully saturated rings. The average molecular weight is 337 g/mol. The minimum Gasteiger partial charge on any atom is -0.462 e. The van der Waals surface area contributed by atoms with E-state index in [0.717, 1.165) is 11.1 Å². The molecule has 0 atom stereocenters. The van der Waals surface area contributed by atoms with Crippen LogP contribution in [0.5, 0.6) is 5.75 Å². The van der Waals surface area contributed by atoms with E-state index in [1.807, 2.05) is 36.4 Å². The predicted molar refractivity (Wildman–Crippen MR) is 95.6 cm³/mol. The molecule has 2 rings (SSSR count). The summed E-state index contributed by atoms with van der Waals surface area (Å²) in [6, 6.07) is 10.9. The summed E-state index contributed by atoms with van der Waals surface area (Å²) in [6.45, 7) is 4.98. The Balaban J connectivity index is 1.81. The van der Waals surface area contributed by atoms with Gasteiger partial charge in [0.1, 0.15) is 12.4 Å². The summed E-state index contributed by atoms with van der Waals surface area (Å²) < 4.78 is 10.0. The van der Waals surface area contributed by atoms with E-state index in [1.165, 1.54) is 0 Å². The highest BCUT2D eigenvalue weighted by molar-refractivity contribution is 5.87. The van der Waals surface area contributed by atoms with Gasteiger partial charge in [-0.25, -0.2) is 4.79 Å². The molecule has 0 unspecified atom stereocenters. The zero-order valence-corrected chi connectivity index (χ0v) is 14.0. The van der Waals surface area contributed by atoms with Crippen LogP contribution in [0, 0.1) is 0 Å². The maximum Gasteiger partial charge on any atom is 0.333 e. The highest BCUT2D eigenvalue weighted by Crippen LogP contribution is 2.15. The first-order chi connectivity index (χ1) is 12.0. The van der Waals surface area contributed by atoms with Crippen LogP contribution in [0.25, 0.3) is 12.2 Å². The van der Waals surface area contributed by atoms with Crippen molar-refractivity contribution in [2.24, 2.45) is 0 Å². The van der Waals surface area contributed by atoms with E-state index in [2.05, 4.69) is 11.6 Å². The fourth-order valence-corrected chi connectivity index (χ4v) is 1.85. The third kappa shape index (κ3) is 6.43. The van der Waals surface area contributed by atoms with Gasteiger partial charge in [-0.2, -0.15) is 0 Å². The summed E-state index contributed by atoms with van der Waals surface area (Å²) in [5, 5.41) is 0. The van der Waals surface area contributed by atoms with Crippen LogP contribution in [-0.2, 0) is 14.3 Å². The van der Waals surface area contributed by atoms with Gasteiger partial charge in [0.2, 0.25) is 0 Å². The van der Waals surface area contributed by atoms with Crippen molar-refractivity contribution in [2.75, 3.05) is 6.61 Å². The Morgan fingerprint density at radius 2 is 1.64 bits per heavy atom. The second-order valence-electron chi connectivity index (χ2n) is 5.32. The number of rotatable bonds is 7. The normalized spacial score (nSPS) is 10.4. The number of hydrogen-bond acceptors (Lipinski definition) is 5. The summed E-state index contributed by atoms with van der Waals surface area (Å²) in [4.78, 5) is 26.9. The van der Waals surface area contributed by atoms with Gasteiger partial charge in [-0.05, 0) is 42.3 Å². The van der Waals surface area contributed by atoms with E-state index in [9.17, 15) is 9.59 Å². The topological polar surface area (TPSA) is 65.5 Å². The van der Waals surface area contributed by atoms with Gasteiger partial charge >= 0.3 is 11.9 Å². The molecule has 2 aromatic rings. The number of pyridine rings is 1. The zero-order valence-electron chi connectivity index (χ0n) is 14.0. The van der Waals surface area contributed by atoms with Crippen LogP contribution in [0.15, 0.2) is 60.9 Å². The van der Waals surface area contributed by atoms with Crippen LogP contribution < -0.4 is 4.74 Å². The standard InChI is InChI=1S/C20H19NO4/c1-15(2)20(23)24-14-11-19(22)25-18-7-5-16(6-8-18)3-4-17-9-12-21-13-10-17/h3-10,12-13H,1,11,14H2,2H3. The van der Waals surface area contributed by atoms with Crippen molar-refractivity contribution >= 4 is 24.1 Å². The van der Waals surface area contributed by atoms with Crippen LogP contribution in [0.3, 0.4) is 0 Å². The summed E-state index contributed by atoms with van der Waals surface area (Å²) in [5.74, 6) is -0.537. The Bertz CT molecular complexity index is 764. The molecular formula is C20H19NO4. The van der Waals surface area contributed by atoms with Crippen LogP contribution in [-0.4, -0.2) is 23.5 Å². The van der Waals surface area contributed by atoms with Crippen molar-refractivity contribution in [2.45, 2.75) is 13.3 Å². The second kappa shape index (κ2) is 9.17. The first kappa shape index (κ1) is 18.1. The van der Waals surface area contributed by atoms with Gasteiger partial charge < -0.3 is 9.47 Å². The molecule has 0 aliphatic heterocycles. The van der Waals surface area contributed by atoms with E-state index >= 15 is 0 Å². The van der Waals surface area contributed by atoms with Crippen molar-refractivity contribution in [3.63, 3.8) is 0 Å². The van der Waals surface area contributed by atoms with Gasteiger partial charge in [-0.1, -0.05) is 30.9 Å². The number of ether oxygens (including phenoxy) is 2. The zero-order chi connectivity index (χ0) is 18.1. The number of esters is 2. The van der Waals surface area contributed by atoms with E-state index < -0.39 is 11.9 Å². The lowest BCUT2D eigenvalue weighted by molar-refractivity contribution is -0.142. The molecule has 0 aliphatic rings. The molecule has 0 radical (unpaired) electrons. The van der Waals surface area contributed by atoms with E-state index in [-0.39, 0.29) is 13.0 Å². The fourth-order valence-electron chi connectivity index (χ4n) is 1.85. The first-order valence-corrected chi connectivity index (χ1v) is 7.76. The van der Waals surface area contributed by atoms with Crippen molar-refractivity contribution in [1.29, 1.82) is 0 Å². The molecule has 5 heteroatoms. The van der Waals surface area contributed by atoms with Gasteiger partial charge in [-0.15, -0.1) is 0 Å². The van der Waals surface area contributed by atoms with Crippen LogP contribution >= 0.6 is 0 Å². The van der Waals surface area contributed by atoms with E-state index in [1.54, 1.807) is 31.5 Å². The van der Waals surface area contributed by atoms with Crippen molar-refractivity contribution in [1.82, 2.24) is 4.98 Å². The maximum absolute atomic E-state index is 11.7. The molecule has 5 nitrogen and oxygen atoms in total. The number of aromatic nitrogens is 1. The monoisotopic (exact) mass is 337 g/mol. The lowest BCUT2D eigenvalue weighted by Gasteiger charge is -2.06. The molecule has 1 heterocycles. The number of benzene rings is 1. The van der Waals surface area contributed by atoms with Crippen molar-refractivity contribution in [3.05, 3.63) is 72.1 Å². The molecule has 0 bridgehead atoms. The highest BCUT2D eigenvalue weighted by atomic mass is 16.5. The molecule has 128 valence electrons. The molecular weight excluding hydrogens is 318 g/mol. The molecule has 0 saturated carbocycles. The lowest BCUT2D eigenvalue weighted by atomic mass is 10.1. The van der Waals surface area contributed by atoms with Crippen molar-refractivity contribution < 1.29 is 19.1 Å². The summed E-state index contributed by atoms with van der Waals surface area (Å²) in [5.41, 5.74) is 2.32. The minimum atomic E-state index is -0.516. The number of hydrogen-bond donors (Lipinski definition) is 0. The third-order valence-electron chi connectivity index (χ3n) is 3.17. The Morgan fingerprint density at radius 3 is 2.24 bits per heavy atom. The van der Waals surface area contributed by atoms with E-state index in [4.69, 9.17) is 9.47 Å². The van der Waals surface area contributed by atoms with Crippen LogP contribution in [0.4, 0.5) is 0 Å². The van der Waals surface area contributed by atoms with Gasteiger partial charge in [0.05, 0.1) is 6.42 Å². The molecule has 25 heavy (non-hydrogen) atoms. The number of nitrogens with zero attached hydrogens (tertiary/aromatic N) is 1. The molecule has 0 spiro atoms. The Kier molecular flexibility index (Phi) is 6.65. The smallest absolute Gasteiger partial charge is 0.333 e. The van der Waals surface area contributed by atoms with Gasteiger partial charge in [0.25, 0.3) is 0 Å². The predicted octanol–water partition coefficient (Wildman–Crippen LogP) is 3.67. The molecule has 1 aromatic heterocycles.